The Bertz CT molecular complexity index is 648. The van der Waals surface area contributed by atoms with Gasteiger partial charge < -0.3 is 19.4 Å². The van der Waals surface area contributed by atoms with Crippen LogP contribution in [0.3, 0.4) is 0 Å². The minimum atomic E-state index is 0.312. The van der Waals surface area contributed by atoms with Crippen LogP contribution in [0.2, 0.25) is 0 Å². The van der Waals surface area contributed by atoms with Gasteiger partial charge in [-0.2, -0.15) is 0 Å². The minimum absolute atomic E-state index is 0.312. The Morgan fingerprint density at radius 1 is 1.43 bits per heavy atom. The highest BCUT2D eigenvalue weighted by atomic mass is 16.5. The Morgan fingerprint density at radius 2 is 2.33 bits per heavy atom. The highest BCUT2D eigenvalue weighted by molar-refractivity contribution is 5.78. The Kier molecular flexibility index (Phi) is 3.31. The molecule has 0 unspecified atom stereocenters. The van der Waals surface area contributed by atoms with Crippen LogP contribution in [0.4, 0.5) is 0 Å². The predicted octanol–water partition coefficient (Wildman–Crippen LogP) is 2.26. The third-order valence-corrected chi connectivity index (χ3v) is 4.62. The van der Waals surface area contributed by atoms with E-state index in [2.05, 4.69) is 16.0 Å². The number of nitrogens with one attached hydrogen (secondary N) is 1. The second kappa shape index (κ2) is 5.31. The molecule has 1 atom stereocenters. The van der Waals surface area contributed by atoms with E-state index in [1.807, 2.05) is 12.1 Å². The number of aromatic nitrogens is 2. The van der Waals surface area contributed by atoms with Gasteiger partial charge in [0.05, 0.1) is 30.8 Å². The van der Waals surface area contributed by atoms with Crippen LogP contribution in [0, 0.1) is 0 Å². The van der Waals surface area contributed by atoms with Gasteiger partial charge in [0.2, 0.25) is 0 Å². The van der Waals surface area contributed by atoms with E-state index in [0.29, 0.717) is 18.7 Å². The smallest absolute Gasteiger partial charge is 0.136 e. The Labute approximate surface area is 124 Å². The van der Waals surface area contributed by atoms with E-state index in [9.17, 15) is 0 Å². The van der Waals surface area contributed by atoms with Crippen molar-refractivity contribution in [3.8, 4) is 5.75 Å². The van der Waals surface area contributed by atoms with E-state index in [4.69, 9.17) is 14.5 Å². The number of hydrogen-bond donors (Lipinski definition) is 1. The molecule has 1 saturated carbocycles. The van der Waals surface area contributed by atoms with E-state index in [1.165, 1.54) is 19.3 Å². The summed E-state index contributed by atoms with van der Waals surface area (Å²) in [7, 11) is 1.70. The summed E-state index contributed by atoms with van der Waals surface area (Å²) in [4.78, 5) is 4.69. The third-order valence-electron chi connectivity index (χ3n) is 4.62. The number of fused-ring (bicyclic) bond motifs is 3. The van der Waals surface area contributed by atoms with Gasteiger partial charge in [-0.25, -0.2) is 4.98 Å². The van der Waals surface area contributed by atoms with Crippen molar-refractivity contribution in [1.82, 2.24) is 14.9 Å². The highest BCUT2D eigenvalue weighted by Crippen LogP contribution is 2.29. The lowest BCUT2D eigenvalue weighted by Gasteiger charge is -2.31. The molecule has 4 rings (SSSR count). The Morgan fingerprint density at radius 3 is 3.10 bits per heavy atom. The number of nitrogens with zero attached hydrogens (tertiary/aromatic N) is 2. The van der Waals surface area contributed by atoms with Gasteiger partial charge in [-0.05, 0) is 25.0 Å². The standard InChI is InChI=1S/C16H21N3O2/c1-20-13-5-6-14-15(7-13)19-12(8-17-11-3-2-4-11)9-21-10-16(19)18-14/h5-7,11-12,17H,2-4,8-10H2,1H3/t12-/m0/s1. The molecule has 2 aliphatic rings. The zero-order chi connectivity index (χ0) is 14.2. The Hall–Kier alpha value is -1.59. The van der Waals surface area contributed by atoms with Crippen LogP contribution in [0.5, 0.6) is 5.75 Å². The van der Waals surface area contributed by atoms with Gasteiger partial charge in [-0.1, -0.05) is 6.42 Å². The van der Waals surface area contributed by atoms with Crippen LogP contribution in [0.15, 0.2) is 18.2 Å². The van der Waals surface area contributed by atoms with E-state index >= 15 is 0 Å². The van der Waals surface area contributed by atoms with E-state index in [1.54, 1.807) is 7.11 Å². The highest BCUT2D eigenvalue weighted by Gasteiger charge is 2.26. The molecule has 5 nitrogen and oxygen atoms in total. The van der Waals surface area contributed by atoms with Crippen LogP contribution in [0.1, 0.15) is 31.1 Å². The first-order chi connectivity index (χ1) is 10.3. The van der Waals surface area contributed by atoms with E-state index in [0.717, 1.165) is 35.8 Å². The molecular weight excluding hydrogens is 266 g/mol. The average molecular weight is 287 g/mol. The van der Waals surface area contributed by atoms with Crippen LogP contribution in [-0.4, -0.2) is 35.9 Å². The van der Waals surface area contributed by atoms with E-state index < -0.39 is 0 Å². The van der Waals surface area contributed by atoms with Crippen molar-refractivity contribution < 1.29 is 9.47 Å². The number of methoxy groups -OCH3 is 1. The van der Waals surface area contributed by atoms with Gasteiger partial charge in [0.25, 0.3) is 0 Å². The summed E-state index contributed by atoms with van der Waals surface area (Å²) < 4.78 is 13.4. The maximum atomic E-state index is 5.72. The molecule has 0 bridgehead atoms. The summed E-state index contributed by atoms with van der Waals surface area (Å²) in [6.45, 7) is 2.28. The maximum absolute atomic E-state index is 5.72. The topological polar surface area (TPSA) is 48.3 Å². The predicted molar refractivity (Wildman–Crippen MR) is 80.6 cm³/mol. The second-order valence-corrected chi connectivity index (χ2v) is 5.96. The number of imidazole rings is 1. The number of hydrogen-bond acceptors (Lipinski definition) is 4. The van der Waals surface area contributed by atoms with Gasteiger partial charge >= 0.3 is 0 Å². The zero-order valence-electron chi connectivity index (χ0n) is 12.3. The fourth-order valence-electron chi connectivity index (χ4n) is 3.18. The first kappa shape index (κ1) is 13.1. The quantitative estimate of drug-likeness (QED) is 0.937. The normalized spacial score (nSPS) is 22.0. The van der Waals surface area contributed by atoms with Gasteiger partial charge in [0.15, 0.2) is 0 Å². The van der Waals surface area contributed by atoms with Crippen LogP contribution >= 0.6 is 0 Å². The summed E-state index contributed by atoms with van der Waals surface area (Å²) >= 11 is 0. The van der Waals surface area contributed by atoms with Crippen molar-refractivity contribution in [3.05, 3.63) is 24.0 Å². The first-order valence-corrected chi connectivity index (χ1v) is 7.71. The summed E-state index contributed by atoms with van der Waals surface area (Å²) in [6.07, 6.45) is 3.97. The number of ether oxygens (including phenoxy) is 2. The van der Waals surface area contributed by atoms with E-state index in [-0.39, 0.29) is 0 Å². The summed E-state index contributed by atoms with van der Waals surface area (Å²) in [5.74, 6) is 1.90. The zero-order valence-corrected chi connectivity index (χ0v) is 12.3. The van der Waals surface area contributed by atoms with Crippen molar-refractivity contribution in [2.75, 3.05) is 20.3 Å². The van der Waals surface area contributed by atoms with Crippen molar-refractivity contribution in [2.24, 2.45) is 0 Å². The molecule has 1 N–H and O–H groups in total. The van der Waals surface area contributed by atoms with Crippen LogP contribution < -0.4 is 10.1 Å². The summed E-state index contributed by atoms with van der Waals surface area (Å²) in [5.41, 5.74) is 2.16. The minimum Gasteiger partial charge on any atom is -0.497 e. The molecule has 21 heavy (non-hydrogen) atoms. The molecule has 2 heterocycles. The van der Waals surface area contributed by atoms with Crippen LogP contribution in [-0.2, 0) is 11.3 Å². The molecule has 1 fully saturated rings. The molecule has 0 spiro atoms. The largest absolute Gasteiger partial charge is 0.497 e. The lowest BCUT2D eigenvalue weighted by Crippen LogP contribution is -2.41. The van der Waals surface area contributed by atoms with Crippen molar-refractivity contribution >= 4 is 11.0 Å². The monoisotopic (exact) mass is 287 g/mol. The molecule has 112 valence electrons. The lowest BCUT2D eigenvalue weighted by molar-refractivity contribution is 0.0545. The third kappa shape index (κ3) is 2.30. The van der Waals surface area contributed by atoms with Crippen LogP contribution in [0.25, 0.3) is 11.0 Å². The second-order valence-electron chi connectivity index (χ2n) is 5.96. The summed E-state index contributed by atoms with van der Waals surface area (Å²) in [6, 6.07) is 7.07. The van der Waals surface area contributed by atoms with Crippen molar-refractivity contribution in [2.45, 2.75) is 38.0 Å². The molecule has 1 aliphatic heterocycles. The molecule has 2 aromatic rings. The molecule has 0 amide bonds. The molecule has 0 saturated heterocycles. The van der Waals surface area contributed by atoms with Gasteiger partial charge in [0, 0.05) is 18.7 Å². The SMILES string of the molecule is COc1ccc2nc3n(c2c1)[C@@H](CNC1CCC1)COC3. The van der Waals surface area contributed by atoms with Crippen molar-refractivity contribution in [1.29, 1.82) is 0 Å². The number of rotatable bonds is 4. The Balaban J connectivity index is 1.66. The van der Waals surface area contributed by atoms with Gasteiger partial charge in [-0.3, -0.25) is 0 Å². The maximum Gasteiger partial charge on any atom is 0.136 e. The van der Waals surface area contributed by atoms with Gasteiger partial charge in [0.1, 0.15) is 18.2 Å². The number of benzene rings is 1. The fraction of sp³-hybridized carbons (Fsp3) is 0.562. The van der Waals surface area contributed by atoms with Crippen molar-refractivity contribution in [3.63, 3.8) is 0 Å². The molecule has 5 heteroatoms. The lowest BCUT2D eigenvalue weighted by atomic mass is 9.93. The van der Waals surface area contributed by atoms with Gasteiger partial charge in [-0.15, -0.1) is 0 Å². The first-order valence-electron chi connectivity index (χ1n) is 7.71. The molecule has 1 aromatic carbocycles. The fourth-order valence-corrected chi connectivity index (χ4v) is 3.18. The average Bonchev–Trinajstić information content (AvgIpc) is 2.83. The molecular formula is C16H21N3O2. The summed E-state index contributed by atoms with van der Waals surface area (Å²) in [5, 5.41) is 3.65. The molecule has 0 radical (unpaired) electrons. The molecule has 1 aromatic heterocycles. The molecule has 1 aliphatic carbocycles.